The zero-order valence-electron chi connectivity index (χ0n) is 24.8. The van der Waals surface area contributed by atoms with Gasteiger partial charge in [0.1, 0.15) is 19.0 Å². The van der Waals surface area contributed by atoms with E-state index in [9.17, 15) is 9.59 Å². The third kappa shape index (κ3) is 4.52. The predicted octanol–water partition coefficient (Wildman–Crippen LogP) is 6.68. The van der Waals surface area contributed by atoms with Gasteiger partial charge >= 0.3 is 12.1 Å². The number of nitrogens with one attached hydrogen (secondary N) is 1. The standard InChI is InChI=1S/C35H38N2O5/c1-22(2)32(38)40-18-16-36-33(39)41-19-17-37-29-14-10-23(3)20-28(29)34(4,5)35(37)21-25-11-13-27(25)31-26-9-7-6-8-24(26)12-15-30(31)42-35/h6-10,12,14-15,20-21,27H,1,11,13,16-19H2,2-5H3,(H,36,39)/t27-,35?/m1/s1. The van der Waals surface area contributed by atoms with Crippen molar-refractivity contribution in [1.29, 1.82) is 0 Å². The summed E-state index contributed by atoms with van der Waals surface area (Å²) < 4.78 is 17.9. The van der Waals surface area contributed by atoms with Gasteiger partial charge in [0.2, 0.25) is 5.72 Å². The number of carbonyl (C=O) groups is 2. The zero-order chi connectivity index (χ0) is 29.6. The number of carbonyl (C=O) groups excluding carboxylic acids is 2. The summed E-state index contributed by atoms with van der Waals surface area (Å²) in [6.07, 6.45) is 3.94. The molecule has 3 aromatic rings. The predicted molar refractivity (Wildman–Crippen MR) is 164 cm³/mol. The van der Waals surface area contributed by atoms with E-state index in [1.165, 1.54) is 33.0 Å². The molecule has 0 radical (unpaired) electrons. The number of esters is 1. The van der Waals surface area contributed by atoms with Crippen molar-refractivity contribution < 1.29 is 23.8 Å². The fraction of sp³-hybridized carbons (Fsp3) is 0.371. The molecule has 1 saturated carbocycles. The first kappa shape index (κ1) is 27.9. The van der Waals surface area contributed by atoms with Gasteiger partial charge < -0.3 is 24.4 Å². The second kappa shape index (κ2) is 10.5. The molecule has 1 amide bonds. The van der Waals surface area contributed by atoms with Crippen LogP contribution in [0.5, 0.6) is 5.75 Å². The summed E-state index contributed by atoms with van der Waals surface area (Å²) in [4.78, 5) is 26.3. The quantitative estimate of drug-likeness (QED) is 0.149. The maximum Gasteiger partial charge on any atom is 0.407 e. The van der Waals surface area contributed by atoms with Crippen molar-refractivity contribution in [1.82, 2.24) is 5.32 Å². The maximum atomic E-state index is 12.5. The van der Waals surface area contributed by atoms with Gasteiger partial charge in [0, 0.05) is 22.7 Å². The first-order valence-corrected chi connectivity index (χ1v) is 14.7. The van der Waals surface area contributed by atoms with E-state index in [0.29, 0.717) is 18.0 Å². The lowest BCUT2D eigenvalue weighted by Gasteiger charge is -2.45. The highest BCUT2D eigenvalue weighted by Crippen LogP contribution is 2.59. The summed E-state index contributed by atoms with van der Waals surface area (Å²) in [5.41, 5.74) is 5.27. The Labute approximate surface area is 247 Å². The second-order valence-electron chi connectivity index (χ2n) is 12.1. The molecule has 42 heavy (non-hydrogen) atoms. The highest BCUT2D eigenvalue weighted by molar-refractivity contribution is 5.89. The van der Waals surface area contributed by atoms with Gasteiger partial charge in [-0.05, 0) is 75.1 Å². The number of amides is 1. The van der Waals surface area contributed by atoms with Gasteiger partial charge in [-0.3, -0.25) is 0 Å². The zero-order valence-corrected chi connectivity index (χ0v) is 24.8. The first-order valence-electron chi connectivity index (χ1n) is 14.7. The molecule has 0 aromatic heterocycles. The number of nitrogens with zero attached hydrogens (tertiary/aromatic N) is 1. The number of alkyl carbamates (subject to hydrolysis) is 1. The van der Waals surface area contributed by atoms with Crippen LogP contribution in [0.1, 0.15) is 56.2 Å². The third-order valence-electron chi connectivity index (χ3n) is 9.01. The minimum Gasteiger partial charge on any atom is -0.463 e. The van der Waals surface area contributed by atoms with Gasteiger partial charge in [-0.2, -0.15) is 0 Å². The van der Waals surface area contributed by atoms with Crippen LogP contribution in [0.2, 0.25) is 0 Å². The smallest absolute Gasteiger partial charge is 0.407 e. The van der Waals surface area contributed by atoms with Gasteiger partial charge in [-0.1, -0.05) is 60.2 Å². The van der Waals surface area contributed by atoms with Gasteiger partial charge in [0.25, 0.3) is 0 Å². The number of hydrogen-bond acceptors (Lipinski definition) is 6. The summed E-state index contributed by atoms with van der Waals surface area (Å²) >= 11 is 0. The topological polar surface area (TPSA) is 77.1 Å². The summed E-state index contributed by atoms with van der Waals surface area (Å²) in [5, 5.41) is 5.11. The van der Waals surface area contributed by atoms with Crippen molar-refractivity contribution in [3.8, 4) is 5.75 Å². The number of fused-ring (bicyclic) bond motifs is 6. The van der Waals surface area contributed by atoms with Crippen LogP contribution in [-0.2, 0) is 19.7 Å². The Morgan fingerprint density at radius 1 is 1.10 bits per heavy atom. The molecule has 0 bridgehead atoms. The normalized spacial score (nSPS) is 21.2. The highest BCUT2D eigenvalue weighted by atomic mass is 16.6. The maximum absolute atomic E-state index is 12.5. The van der Waals surface area contributed by atoms with Gasteiger partial charge in [0.05, 0.1) is 18.5 Å². The van der Waals surface area contributed by atoms with Gasteiger partial charge in [-0.15, -0.1) is 0 Å². The first-order chi connectivity index (χ1) is 20.1. The molecule has 1 fully saturated rings. The number of rotatable bonds is 7. The van der Waals surface area contributed by atoms with Gasteiger partial charge in [-0.25, -0.2) is 9.59 Å². The van der Waals surface area contributed by atoms with E-state index in [4.69, 9.17) is 14.2 Å². The molecule has 7 nitrogen and oxygen atoms in total. The number of anilines is 1. The molecule has 2 atom stereocenters. The summed E-state index contributed by atoms with van der Waals surface area (Å²) in [5.74, 6) is 0.756. The molecular weight excluding hydrogens is 528 g/mol. The van der Waals surface area contributed by atoms with Crippen molar-refractivity contribution in [3.63, 3.8) is 0 Å². The lowest BCUT2D eigenvalue weighted by Crippen LogP contribution is -2.59. The molecule has 1 unspecified atom stereocenters. The van der Waals surface area contributed by atoms with E-state index in [-0.39, 0.29) is 19.8 Å². The van der Waals surface area contributed by atoms with Crippen LogP contribution in [0.3, 0.4) is 0 Å². The Bertz CT molecular complexity index is 1620. The van der Waals surface area contributed by atoms with Crippen LogP contribution in [0.15, 0.2) is 78.4 Å². The number of allylic oxidation sites excluding steroid dienone is 1. The summed E-state index contributed by atoms with van der Waals surface area (Å²) in [7, 11) is 0. The van der Waals surface area contributed by atoms with E-state index < -0.39 is 23.2 Å². The van der Waals surface area contributed by atoms with E-state index in [0.717, 1.165) is 24.3 Å². The minimum atomic E-state index is -0.804. The number of benzene rings is 3. The van der Waals surface area contributed by atoms with E-state index in [2.05, 4.69) is 98.2 Å². The fourth-order valence-corrected chi connectivity index (χ4v) is 6.65. The number of hydrogen-bond donors (Lipinski definition) is 1. The van der Waals surface area contributed by atoms with Crippen molar-refractivity contribution >= 4 is 28.5 Å². The monoisotopic (exact) mass is 566 g/mol. The van der Waals surface area contributed by atoms with E-state index in [1.807, 2.05) is 0 Å². The Morgan fingerprint density at radius 2 is 1.90 bits per heavy atom. The average Bonchev–Trinajstić information content (AvgIpc) is 3.04. The lowest BCUT2D eigenvalue weighted by atomic mass is 9.70. The van der Waals surface area contributed by atoms with Crippen molar-refractivity contribution in [2.75, 3.05) is 31.2 Å². The number of ether oxygens (including phenoxy) is 3. The molecule has 2 aliphatic heterocycles. The van der Waals surface area contributed by atoms with Crippen LogP contribution >= 0.6 is 0 Å². The van der Waals surface area contributed by atoms with Crippen LogP contribution in [0.25, 0.3) is 10.8 Å². The fourth-order valence-electron chi connectivity index (χ4n) is 6.65. The van der Waals surface area contributed by atoms with Crippen molar-refractivity contribution in [2.24, 2.45) is 0 Å². The van der Waals surface area contributed by atoms with Crippen molar-refractivity contribution in [3.05, 3.63) is 95.1 Å². The molecule has 3 aromatic carbocycles. The van der Waals surface area contributed by atoms with E-state index >= 15 is 0 Å². The second-order valence-corrected chi connectivity index (χ2v) is 12.1. The molecule has 3 aliphatic rings. The largest absolute Gasteiger partial charge is 0.463 e. The molecule has 218 valence electrons. The van der Waals surface area contributed by atoms with Crippen LogP contribution in [0.4, 0.5) is 10.5 Å². The summed E-state index contributed by atoms with van der Waals surface area (Å²) in [6.45, 7) is 12.5. The van der Waals surface area contributed by atoms with Crippen LogP contribution in [0, 0.1) is 6.92 Å². The summed E-state index contributed by atoms with van der Waals surface area (Å²) in [6, 6.07) is 19.4. The minimum absolute atomic E-state index is 0.0492. The molecule has 6 rings (SSSR count). The average molecular weight is 567 g/mol. The molecule has 1 spiro atoms. The Balaban J connectivity index is 1.29. The van der Waals surface area contributed by atoms with Crippen LogP contribution in [-0.4, -0.2) is 44.1 Å². The SMILES string of the molecule is C=C(C)C(=O)OCCNC(=O)OCCN1c2ccc(C)cc2C(C)(C)C12C=C1CC[C@H]1c1c(ccc3ccccc13)O2. The Hall–Kier alpha value is -4.26. The molecule has 1 aliphatic carbocycles. The van der Waals surface area contributed by atoms with Crippen molar-refractivity contribution in [2.45, 2.75) is 57.6 Å². The Kier molecular flexibility index (Phi) is 7.00. The Morgan fingerprint density at radius 3 is 2.67 bits per heavy atom. The third-order valence-corrected chi connectivity index (χ3v) is 9.01. The van der Waals surface area contributed by atoms with Crippen LogP contribution < -0.4 is 15.0 Å². The molecule has 0 saturated heterocycles. The van der Waals surface area contributed by atoms with E-state index in [1.54, 1.807) is 6.92 Å². The molecule has 2 heterocycles. The molecule has 7 heteroatoms. The molecular formula is C35H38N2O5. The van der Waals surface area contributed by atoms with Gasteiger partial charge in [0.15, 0.2) is 0 Å². The lowest BCUT2D eigenvalue weighted by molar-refractivity contribution is -0.138. The number of aryl methyl sites for hydroxylation is 1. The highest BCUT2D eigenvalue weighted by Gasteiger charge is 2.60. The molecule has 1 N–H and O–H groups in total.